The first-order chi connectivity index (χ1) is 8.71. The molecule has 1 aromatic carbocycles. The second-order valence-corrected chi connectivity index (χ2v) is 5.85. The van der Waals surface area contributed by atoms with E-state index in [1.54, 1.807) is 26.0 Å². The zero-order chi connectivity index (χ0) is 14.8. The van der Waals surface area contributed by atoms with Gasteiger partial charge in [0.25, 0.3) is 0 Å². The van der Waals surface area contributed by atoms with Gasteiger partial charge in [0.15, 0.2) is 0 Å². The fourth-order valence-electron chi connectivity index (χ4n) is 2.23. The van der Waals surface area contributed by atoms with E-state index in [0.717, 1.165) is 5.56 Å². The third-order valence-corrected chi connectivity index (χ3v) is 4.08. The van der Waals surface area contributed by atoms with Crippen molar-refractivity contribution in [2.75, 3.05) is 6.54 Å². The van der Waals surface area contributed by atoms with Crippen molar-refractivity contribution in [3.05, 3.63) is 34.1 Å². The van der Waals surface area contributed by atoms with E-state index in [0.29, 0.717) is 11.0 Å². The molecule has 0 saturated heterocycles. The van der Waals surface area contributed by atoms with Crippen LogP contribution >= 0.6 is 15.9 Å². The Morgan fingerprint density at radius 1 is 1.53 bits per heavy atom. The van der Waals surface area contributed by atoms with Gasteiger partial charge >= 0.3 is 5.97 Å². The molecule has 0 aliphatic rings. The summed E-state index contributed by atoms with van der Waals surface area (Å²) in [6.45, 7) is 7.78. The van der Waals surface area contributed by atoms with Crippen LogP contribution < -0.4 is 0 Å². The molecule has 1 aromatic rings. The van der Waals surface area contributed by atoms with Crippen LogP contribution in [0.1, 0.15) is 39.3 Å². The minimum absolute atomic E-state index is 0.118. The zero-order valence-corrected chi connectivity index (χ0v) is 13.2. The smallest absolute Gasteiger partial charge is 0.323 e. The SMILES string of the molecule is CCN(C(C)c1ccc(F)c(Br)c1)C(C)(C)C(=O)O. The Balaban J connectivity index is 3.11. The van der Waals surface area contributed by atoms with Gasteiger partial charge in [0.1, 0.15) is 11.4 Å². The molecule has 0 radical (unpaired) electrons. The van der Waals surface area contributed by atoms with Crippen LogP contribution in [0.4, 0.5) is 4.39 Å². The fraction of sp³-hybridized carbons (Fsp3) is 0.500. The van der Waals surface area contributed by atoms with Crippen LogP contribution in [0.15, 0.2) is 22.7 Å². The van der Waals surface area contributed by atoms with Crippen LogP contribution in [-0.2, 0) is 4.79 Å². The van der Waals surface area contributed by atoms with Crippen molar-refractivity contribution in [1.82, 2.24) is 4.90 Å². The summed E-state index contributed by atoms with van der Waals surface area (Å²) in [6.07, 6.45) is 0. The number of hydrogen-bond donors (Lipinski definition) is 1. The lowest BCUT2D eigenvalue weighted by Gasteiger charge is -2.39. The van der Waals surface area contributed by atoms with Crippen molar-refractivity contribution >= 4 is 21.9 Å². The monoisotopic (exact) mass is 331 g/mol. The van der Waals surface area contributed by atoms with Gasteiger partial charge in [-0.1, -0.05) is 13.0 Å². The lowest BCUT2D eigenvalue weighted by atomic mass is 9.97. The first kappa shape index (κ1) is 16.1. The predicted molar refractivity (Wildman–Crippen MR) is 76.6 cm³/mol. The molecule has 1 rings (SSSR count). The van der Waals surface area contributed by atoms with Crippen molar-refractivity contribution in [3.8, 4) is 0 Å². The molecule has 0 bridgehead atoms. The predicted octanol–water partition coefficient (Wildman–Crippen LogP) is 3.83. The largest absolute Gasteiger partial charge is 0.480 e. The van der Waals surface area contributed by atoms with Gasteiger partial charge in [0.2, 0.25) is 0 Å². The highest BCUT2D eigenvalue weighted by Crippen LogP contribution is 2.30. The van der Waals surface area contributed by atoms with Gasteiger partial charge in [-0.2, -0.15) is 0 Å². The topological polar surface area (TPSA) is 40.5 Å². The molecule has 1 unspecified atom stereocenters. The van der Waals surface area contributed by atoms with Crippen LogP contribution in [0.25, 0.3) is 0 Å². The molecule has 5 heteroatoms. The third kappa shape index (κ3) is 3.34. The van der Waals surface area contributed by atoms with Crippen molar-refractivity contribution < 1.29 is 14.3 Å². The van der Waals surface area contributed by atoms with Crippen molar-refractivity contribution in [3.63, 3.8) is 0 Å². The van der Waals surface area contributed by atoms with Crippen LogP contribution in [0, 0.1) is 5.82 Å². The number of carbonyl (C=O) groups is 1. The van der Waals surface area contributed by atoms with Gasteiger partial charge in [-0.05, 0) is 60.9 Å². The highest BCUT2D eigenvalue weighted by atomic mass is 79.9. The molecule has 0 aliphatic heterocycles. The molecule has 0 aliphatic carbocycles. The summed E-state index contributed by atoms with van der Waals surface area (Å²) in [5.74, 6) is -1.20. The number of hydrogen-bond acceptors (Lipinski definition) is 2. The molecule has 3 nitrogen and oxygen atoms in total. The summed E-state index contributed by atoms with van der Waals surface area (Å²) in [5, 5.41) is 9.33. The third-order valence-electron chi connectivity index (χ3n) is 3.48. The number of halogens is 2. The summed E-state index contributed by atoms with van der Waals surface area (Å²) in [5.41, 5.74) is -0.0980. The van der Waals surface area contributed by atoms with Crippen molar-refractivity contribution in [1.29, 1.82) is 0 Å². The van der Waals surface area contributed by atoms with Crippen LogP contribution in [0.3, 0.4) is 0 Å². The number of carboxylic acid groups (broad SMARTS) is 1. The van der Waals surface area contributed by atoms with Gasteiger partial charge in [0, 0.05) is 6.04 Å². The maximum Gasteiger partial charge on any atom is 0.323 e. The summed E-state index contributed by atoms with van der Waals surface area (Å²) in [7, 11) is 0. The minimum atomic E-state index is -0.977. The van der Waals surface area contributed by atoms with E-state index in [9.17, 15) is 14.3 Å². The average Bonchev–Trinajstić information content (AvgIpc) is 2.32. The lowest BCUT2D eigenvalue weighted by molar-refractivity contribution is -0.150. The maximum atomic E-state index is 13.3. The van der Waals surface area contributed by atoms with E-state index in [2.05, 4.69) is 15.9 Å². The summed E-state index contributed by atoms with van der Waals surface area (Å²) < 4.78 is 13.6. The van der Waals surface area contributed by atoms with Gasteiger partial charge in [-0.3, -0.25) is 9.69 Å². The minimum Gasteiger partial charge on any atom is -0.480 e. The van der Waals surface area contributed by atoms with Crippen LogP contribution in [0.5, 0.6) is 0 Å². The molecule has 106 valence electrons. The van der Waals surface area contributed by atoms with Gasteiger partial charge in [-0.25, -0.2) is 4.39 Å². The number of aliphatic carboxylic acids is 1. The Morgan fingerprint density at radius 2 is 2.11 bits per heavy atom. The van der Waals surface area contributed by atoms with Gasteiger partial charge in [-0.15, -0.1) is 0 Å². The Kier molecular flexibility index (Phi) is 5.10. The van der Waals surface area contributed by atoms with E-state index in [-0.39, 0.29) is 11.9 Å². The van der Waals surface area contributed by atoms with Crippen molar-refractivity contribution in [2.45, 2.75) is 39.3 Å². The summed E-state index contributed by atoms with van der Waals surface area (Å²) >= 11 is 3.15. The Morgan fingerprint density at radius 3 is 2.53 bits per heavy atom. The zero-order valence-electron chi connectivity index (χ0n) is 11.6. The lowest BCUT2D eigenvalue weighted by Crippen LogP contribution is -2.51. The molecular weight excluding hydrogens is 313 g/mol. The molecule has 0 saturated carbocycles. The average molecular weight is 332 g/mol. The first-order valence-electron chi connectivity index (χ1n) is 6.16. The molecule has 0 spiro atoms. The Hall–Kier alpha value is -0.940. The number of nitrogens with zero attached hydrogens (tertiary/aromatic N) is 1. The molecule has 1 N–H and O–H groups in total. The van der Waals surface area contributed by atoms with Crippen molar-refractivity contribution in [2.24, 2.45) is 0 Å². The van der Waals surface area contributed by atoms with E-state index < -0.39 is 11.5 Å². The highest BCUT2D eigenvalue weighted by Gasteiger charge is 2.36. The molecular formula is C14H19BrFNO2. The standard InChI is InChI=1S/C14H19BrFNO2/c1-5-17(14(3,4)13(18)19)9(2)10-6-7-12(16)11(15)8-10/h6-9H,5H2,1-4H3,(H,18,19). The molecule has 0 heterocycles. The number of benzene rings is 1. The number of carboxylic acids is 1. The summed E-state index contributed by atoms with van der Waals surface area (Å²) in [4.78, 5) is 13.2. The fourth-order valence-corrected chi connectivity index (χ4v) is 2.62. The highest BCUT2D eigenvalue weighted by molar-refractivity contribution is 9.10. The van der Waals surface area contributed by atoms with Gasteiger partial charge in [0.05, 0.1) is 4.47 Å². The maximum absolute atomic E-state index is 13.3. The summed E-state index contributed by atoms with van der Waals surface area (Å²) in [6, 6.07) is 4.65. The van der Waals surface area contributed by atoms with Gasteiger partial charge < -0.3 is 5.11 Å². The number of rotatable bonds is 5. The molecule has 0 aromatic heterocycles. The normalized spacial score (nSPS) is 13.6. The van der Waals surface area contributed by atoms with E-state index in [1.165, 1.54) is 6.07 Å². The second-order valence-electron chi connectivity index (χ2n) is 5.00. The van der Waals surface area contributed by atoms with Crippen LogP contribution in [-0.4, -0.2) is 28.1 Å². The first-order valence-corrected chi connectivity index (χ1v) is 6.96. The molecule has 19 heavy (non-hydrogen) atoms. The molecule has 0 fully saturated rings. The molecule has 0 amide bonds. The van der Waals surface area contributed by atoms with E-state index >= 15 is 0 Å². The van der Waals surface area contributed by atoms with E-state index in [1.807, 2.05) is 18.7 Å². The van der Waals surface area contributed by atoms with E-state index in [4.69, 9.17) is 0 Å². The second kappa shape index (κ2) is 6.01. The quantitative estimate of drug-likeness (QED) is 0.891. The Labute approximate surface area is 121 Å². The van der Waals surface area contributed by atoms with Crippen LogP contribution in [0.2, 0.25) is 0 Å². The molecule has 1 atom stereocenters. The number of likely N-dealkylation sites (N-methyl/N-ethyl adjacent to an activating group) is 1. The Bertz CT molecular complexity index is 477.